The third-order valence-electron chi connectivity index (χ3n) is 2.38. The second-order valence-electron chi connectivity index (χ2n) is 3.80. The lowest BCUT2D eigenvalue weighted by atomic mass is 10.1. The standard InChI is InChI=1S/C12H15FN2O2/c1-3-4-6-9(2)14-12-10(13)7-5-8-11(12)15(16)17/h3,5,7-9,14H,1,4,6H2,2H3. The Labute approximate surface area is 99.3 Å². The van der Waals surface area contributed by atoms with Gasteiger partial charge in [0.25, 0.3) is 5.69 Å². The lowest BCUT2D eigenvalue weighted by Gasteiger charge is -2.14. The molecule has 0 saturated carbocycles. The molecule has 0 amide bonds. The zero-order valence-electron chi connectivity index (χ0n) is 9.65. The first-order chi connectivity index (χ1) is 8.06. The average molecular weight is 238 g/mol. The number of benzene rings is 1. The van der Waals surface area contributed by atoms with E-state index in [1.54, 1.807) is 6.08 Å². The Hall–Kier alpha value is -1.91. The summed E-state index contributed by atoms with van der Waals surface area (Å²) in [5.74, 6) is -0.607. The summed E-state index contributed by atoms with van der Waals surface area (Å²) in [6, 6.07) is 3.76. The molecular formula is C12H15FN2O2. The van der Waals surface area contributed by atoms with Crippen LogP contribution < -0.4 is 5.32 Å². The van der Waals surface area contributed by atoms with E-state index in [2.05, 4.69) is 11.9 Å². The number of nitro groups is 1. The highest BCUT2D eigenvalue weighted by Gasteiger charge is 2.18. The summed E-state index contributed by atoms with van der Waals surface area (Å²) in [5, 5.41) is 13.6. The fourth-order valence-electron chi connectivity index (χ4n) is 1.49. The molecule has 0 aromatic heterocycles. The molecule has 0 radical (unpaired) electrons. The van der Waals surface area contributed by atoms with Crippen molar-refractivity contribution in [2.75, 3.05) is 5.32 Å². The van der Waals surface area contributed by atoms with E-state index in [1.807, 2.05) is 6.92 Å². The number of hydrogen-bond donors (Lipinski definition) is 1. The monoisotopic (exact) mass is 238 g/mol. The zero-order chi connectivity index (χ0) is 12.8. The van der Waals surface area contributed by atoms with Crippen LogP contribution >= 0.6 is 0 Å². The van der Waals surface area contributed by atoms with Crippen LogP contribution in [0.1, 0.15) is 19.8 Å². The summed E-state index contributed by atoms with van der Waals surface area (Å²) in [7, 11) is 0. The summed E-state index contributed by atoms with van der Waals surface area (Å²) in [5.41, 5.74) is -0.287. The summed E-state index contributed by atoms with van der Waals surface area (Å²) in [6.07, 6.45) is 3.28. The van der Waals surface area contributed by atoms with Crippen LogP contribution in [0.25, 0.3) is 0 Å². The molecule has 0 aliphatic carbocycles. The van der Waals surface area contributed by atoms with Crippen molar-refractivity contribution in [2.24, 2.45) is 0 Å². The summed E-state index contributed by atoms with van der Waals surface area (Å²) in [6.45, 7) is 5.44. The van der Waals surface area contributed by atoms with Crippen molar-refractivity contribution in [3.63, 3.8) is 0 Å². The van der Waals surface area contributed by atoms with Crippen molar-refractivity contribution < 1.29 is 9.31 Å². The van der Waals surface area contributed by atoms with Gasteiger partial charge in [0.05, 0.1) is 4.92 Å². The molecule has 92 valence electrons. The van der Waals surface area contributed by atoms with Gasteiger partial charge in [-0.3, -0.25) is 10.1 Å². The average Bonchev–Trinajstić information content (AvgIpc) is 2.28. The van der Waals surface area contributed by atoms with Crippen molar-refractivity contribution in [3.8, 4) is 0 Å². The van der Waals surface area contributed by atoms with Crippen LogP contribution in [-0.4, -0.2) is 11.0 Å². The maximum Gasteiger partial charge on any atom is 0.295 e. The maximum atomic E-state index is 13.5. The molecule has 0 aliphatic rings. The minimum atomic E-state index is -0.607. The van der Waals surface area contributed by atoms with Crippen molar-refractivity contribution in [2.45, 2.75) is 25.8 Å². The lowest BCUT2D eigenvalue weighted by Crippen LogP contribution is -2.16. The van der Waals surface area contributed by atoms with Gasteiger partial charge in [-0.05, 0) is 25.8 Å². The predicted molar refractivity (Wildman–Crippen MR) is 65.6 cm³/mol. The van der Waals surface area contributed by atoms with E-state index in [0.717, 1.165) is 12.8 Å². The minimum Gasteiger partial charge on any atom is -0.375 e. The maximum absolute atomic E-state index is 13.5. The topological polar surface area (TPSA) is 55.2 Å². The molecule has 0 aliphatic heterocycles. The van der Waals surface area contributed by atoms with Crippen molar-refractivity contribution in [1.82, 2.24) is 0 Å². The molecule has 0 saturated heterocycles. The molecule has 1 unspecified atom stereocenters. The van der Waals surface area contributed by atoms with Crippen LogP contribution in [0.2, 0.25) is 0 Å². The predicted octanol–water partition coefficient (Wildman–Crippen LogP) is 3.50. The summed E-state index contributed by atoms with van der Waals surface area (Å²) < 4.78 is 13.5. The zero-order valence-corrected chi connectivity index (χ0v) is 9.65. The molecule has 0 heterocycles. The molecule has 1 N–H and O–H groups in total. The number of anilines is 1. The summed E-state index contributed by atoms with van der Waals surface area (Å²) >= 11 is 0. The second-order valence-corrected chi connectivity index (χ2v) is 3.80. The number of rotatable bonds is 6. The van der Waals surface area contributed by atoms with Crippen molar-refractivity contribution in [3.05, 3.63) is 46.8 Å². The Morgan fingerprint density at radius 1 is 1.65 bits per heavy atom. The van der Waals surface area contributed by atoms with Crippen molar-refractivity contribution in [1.29, 1.82) is 0 Å². The highest BCUT2D eigenvalue weighted by molar-refractivity contribution is 5.62. The van der Waals surface area contributed by atoms with Crippen LogP contribution in [0.5, 0.6) is 0 Å². The first kappa shape index (κ1) is 13.2. The van der Waals surface area contributed by atoms with Gasteiger partial charge in [0.2, 0.25) is 0 Å². The van der Waals surface area contributed by atoms with E-state index >= 15 is 0 Å². The van der Waals surface area contributed by atoms with Gasteiger partial charge in [-0.2, -0.15) is 0 Å². The Kier molecular flexibility index (Phi) is 4.63. The molecule has 1 atom stereocenters. The summed E-state index contributed by atoms with van der Waals surface area (Å²) in [4.78, 5) is 10.2. The number of nitro benzene ring substituents is 1. The van der Waals surface area contributed by atoms with Gasteiger partial charge in [0.15, 0.2) is 5.82 Å². The molecule has 4 nitrogen and oxygen atoms in total. The quantitative estimate of drug-likeness (QED) is 0.469. The fraction of sp³-hybridized carbons (Fsp3) is 0.333. The van der Waals surface area contributed by atoms with Crippen molar-refractivity contribution >= 4 is 11.4 Å². The van der Waals surface area contributed by atoms with E-state index in [-0.39, 0.29) is 17.4 Å². The van der Waals surface area contributed by atoms with Crippen LogP contribution in [-0.2, 0) is 0 Å². The largest absolute Gasteiger partial charge is 0.375 e. The number of halogens is 1. The highest BCUT2D eigenvalue weighted by Crippen LogP contribution is 2.28. The number of para-hydroxylation sites is 1. The first-order valence-electron chi connectivity index (χ1n) is 5.36. The van der Waals surface area contributed by atoms with Crippen LogP contribution in [0, 0.1) is 15.9 Å². The van der Waals surface area contributed by atoms with E-state index in [1.165, 1.54) is 18.2 Å². The normalized spacial score (nSPS) is 11.9. The lowest BCUT2D eigenvalue weighted by molar-refractivity contribution is -0.384. The third kappa shape index (κ3) is 3.55. The number of allylic oxidation sites excluding steroid dienone is 1. The van der Waals surface area contributed by atoms with Gasteiger partial charge in [-0.15, -0.1) is 6.58 Å². The number of hydrogen-bond acceptors (Lipinski definition) is 3. The van der Waals surface area contributed by atoms with Gasteiger partial charge in [-0.1, -0.05) is 12.1 Å². The molecule has 1 aromatic rings. The Morgan fingerprint density at radius 3 is 2.94 bits per heavy atom. The number of nitrogens with zero attached hydrogens (tertiary/aromatic N) is 1. The van der Waals surface area contributed by atoms with Gasteiger partial charge >= 0.3 is 0 Å². The molecule has 17 heavy (non-hydrogen) atoms. The SMILES string of the molecule is C=CCCC(C)Nc1c(F)cccc1[N+](=O)[O-]. The van der Waals surface area contributed by atoms with E-state index in [9.17, 15) is 14.5 Å². The Balaban J connectivity index is 2.88. The minimum absolute atomic E-state index is 0.0472. The molecule has 0 fully saturated rings. The fourth-order valence-corrected chi connectivity index (χ4v) is 1.49. The van der Waals surface area contributed by atoms with Gasteiger partial charge in [0, 0.05) is 12.1 Å². The van der Waals surface area contributed by atoms with E-state index in [4.69, 9.17) is 0 Å². The van der Waals surface area contributed by atoms with Gasteiger partial charge in [0.1, 0.15) is 5.69 Å². The van der Waals surface area contributed by atoms with Crippen LogP contribution in [0.4, 0.5) is 15.8 Å². The smallest absolute Gasteiger partial charge is 0.295 e. The Morgan fingerprint density at radius 2 is 2.35 bits per heavy atom. The molecule has 1 aromatic carbocycles. The second kappa shape index (κ2) is 5.98. The highest BCUT2D eigenvalue weighted by atomic mass is 19.1. The molecule has 1 rings (SSSR count). The van der Waals surface area contributed by atoms with Crippen LogP contribution in [0.15, 0.2) is 30.9 Å². The molecule has 5 heteroatoms. The first-order valence-corrected chi connectivity index (χ1v) is 5.36. The van der Waals surface area contributed by atoms with Crippen LogP contribution in [0.3, 0.4) is 0 Å². The van der Waals surface area contributed by atoms with Gasteiger partial charge in [-0.25, -0.2) is 4.39 Å². The molecular weight excluding hydrogens is 223 g/mol. The molecule has 0 bridgehead atoms. The van der Waals surface area contributed by atoms with Gasteiger partial charge < -0.3 is 5.32 Å². The Bertz CT molecular complexity index is 421. The third-order valence-corrected chi connectivity index (χ3v) is 2.38. The number of nitrogens with one attached hydrogen (secondary N) is 1. The van der Waals surface area contributed by atoms with E-state index < -0.39 is 10.7 Å². The van der Waals surface area contributed by atoms with E-state index in [0.29, 0.717) is 0 Å². The molecule has 0 spiro atoms.